The Morgan fingerprint density at radius 3 is 2.48 bits per heavy atom. The van der Waals surface area contributed by atoms with E-state index in [2.05, 4.69) is 5.32 Å². The average molecular weight is 322 g/mol. The Kier molecular flexibility index (Phi) is 4.58. The summed E-state index contributed by atoms with van der Waals surface area (Å²) in [5.41, 5.74) is -0.414. The van der Waals surface area contributed by atoms with Crippen LogP contribution < -0.4 is 5.32 Å². The molecule has 1 unspecified atom stereocenters. The predicted molar refractivity (Wildman–Crippen MR) is 70.6 cm³/mol. The number of alkyl halides is 3. The third kappa shape index (κ3) is 3.39. The van der Waals surface area contributed by atoms with E-state index in [0.29, 0.717) is 17.7 Å². The molecule has 0 aliphatic rings. The van der Waals surface area contributed by atoms with Crippen LogP contribution in [-0.4, -0.2) is 6.54 Å². The molecule has 0 aliphatic heterocycles. The zero-order chi connectivity index (χ0) is 15.6. The van der Waals surface area contributed by atoms with Crippen LogP contribution in [0.1, 0.15) is 29.7 Å². The van der Waals surface area contributed by atoms with Gasteiger partial charge in [-0.2, -0.15) is 13.2 Å². The van der Waals surface area contributed by atoms with E-state index in [4.69, 9.17) is 16.0 Å². The maximum Gasteiger partial charge on any atom is 0.419 e. The van der Waals surface area contributed by atoms with Gasteiger partial charge >= 0.3 is 6.18 Å². The van der Waals surface area contributed by atoms with Crippen molar-refractivity contribution >= 4 is 11.6 Å². The molecule has 0 radical (unpaired) electrons. The molecule has 2 aromatic rings. The lowest BCUT2D eigenvalue weighted by molar-refractivity contribution is -0.140. The fourth-order valence-corrected chi connectivity index (χ4v) is 2.29. The Morgan fingerprint density at radius 2 is 2.00 bits per heavy atom. The van der Waals surface area contributed by atoms with Crippen molar-refractivity contribution in [2.75, 3.05) is 6.54 Å². The maximum atomic E-state index is 13.7. The van der Waals surface area contributed by atoms with E-state index in [1.165, 1.54) is 12.3 Å². The quantitative estimate of drug-likeness (QED) is 0.819. The van der Waals surface area contributed by atoms with Crippen LogP contribution in [0.25, 0.3) is 0 Å². The van der Waals surface area contributed by atoms with Gasteiger partial charge in [-0.25, -0.2) is 4.39 Å². The lowest BCUT2D eigenvalue weighted by Gasteiger charge is -2.18. The summed E-state index contributed by atoms with van der Waals surface area (Å²) in [7, 11) is 0. The van der Waals surface area contributed by atoms with E-state index in [1.54, 1.807) is 6.07 Å². The van der Waals surface area contributed by atoms with Gasteiger partial charge in [-0.05, 0) is 41.9 Å². The molecule has 7 heteroatoms. The molecule has 0 fully saturated rings. The van der Waals surface area contributed by atoms with Gasteiger partial charge in [-0.15, -0.1) is 0 Å². The molecule has 21 heavy (non-hydrogen) atoms. The predicted octanol–water partition coefficient (Wildman–Crippen LogP) is 4.79. The van der Waals surface area contributed by atoms with E-state index >= 15 is 0 Å². The number of hydrogen-bond acceptors (Lipinski definition) is 2. The lowest BCUT2D eigenvalue weighted by Crippen LogP contribution is -2.22. The smallest absolute Gasteiger partial charge is 0.419 e. The van der Waals surface area contributed by atoms with E-state index in [0.717, 1.165) is 12.1 Å². The molecule has 1 aromatic heterocycles. The van der Waals surface area contributed by atoms with Crippen molar-refractivity contribution in [3.8, 4) is 0 Å². The maximum absolute atomic E-state index is 13.7. The summed E-state index contributed by atoms with van der Waals surface area (Å²) in [6.07, 6.45) is -3.36. The summed E-state index contributed by atoms with van der Waals surface area (Å²) >= 11 is 5.88. The van der Waals surface area contributed by atoms with Gasteiger partial charge in [-0.3, -0.25) is 0 Å². The first kappa shape index (κ1) is 15.9. The van der Waals surface area contributed by atoms with Crippen molar-refractivity contribution in [3.05, 3.63) is 58.3 Å². The van der Waals surface area contributed by atoms with Crippen LogP contribution in [0.15, 0.2) is 34.9 Å². The van der Waals surface area contributed by atoms with Gasteiger partial charge in [0.05, 0.1) is 17.9 Å². The summed E-state index contributed by atoms with van der Waals surface area (Å²) in [4.78, 5) is 0. The van der Waals surface area contributed by atoms with E-state index in [1.807, 2.05) is 6.92 Å². The van der Waals surface area contributed by atoms with Crippen molar-refractivity contribution in [1.82, 2.24) is 5.32 Å². The molecule has 2 nitrogen and oxygen atoms in total. The SMILES string of the molecule is CCNC(c1ccc(C(F)(F)F)c(F)c1)c1ccoc1Cl. The molecule has 1 aromatic carbocycles. The number of hydrogen-bond donors (Lipinski definition) is 1. The standard InChI is InChI=1S/C14H12ClF4NO/c1-2-20-12(9-5-6-21-13(9)15)8-3-4-10(11(16)7-8)14(17,18)19/h3-7,12,20H,2H2,1H3. The van der Waals surface area contributed by atoms with Crippen LogP contribution in [0, 0.1) is 5.82 Å². The zero-order valence-electron chi connectivity index (χ0n) is 11.0. The van der Waals surface area contributed by atoms with Crippen molar-refractivity contribution in [2.24, 2.45) is 0 Å². The molecule has 0 bridgehead atoms. The Balaban J connectivity index is 2.43. The number of halogens is 5. The molecule has 0 saturated carbocycles. The monoisotopic (exact) mass is 321 g/mol. The largest absolute Gasteiger partial charge is 0.453 e. The zero-order valence-corrected chi connectivity index (χ0v) is 11.7. The second-order valence-corrected chi connectivity index (χ2v) is 4.72. The van der Waals surface area contributed by atoms with Crippen LogP contribution in [0.4, 0.5) is 17.6 Å². The molecular formula is C14H12ClF4NO. The number of benzene rings is 1. The molecule has 114 valence electrons. The van der Waals surface area contributed by atoms with Crippen LogP contribution in [-0.2, 0) is 6.18 Å². The molecule has 0 saturated heterocycles. The van der Waals surface area contributed by atoms with Gasteiger partial charge in [0.2, 0.25) is 0 Å². The molecule has 2 rings (SSSR count). The van der Waals surface area contributed by atoms with Crippen molar-refractivity contribution < 1.29 is 22.0 Å². The van der Waals surface area contributed by atoms with Gasteiger partial charge in [0, 0.05) is 5.56 Å². The molecule has 1 atom stereocenters. The van der Waals surface area contributed by atoms with E-state index in [-0.39, 0.29) is 5.22 Å². The number of nitrogens with one attached hydrogen (secondary N) is 1. The fourth-order valence-electron chi connectivity index (χ4n) is 2.06. The summed E-state index contributed by atoms with van der Waals surface area (Å²) in [5, 5.41) is 3.15. The minimum atomic E-state index is -4.72. The highest BCUT2D eigenvalue weighted by Crippen LogP contribution is 2.34. The highest BCUT2D eigenvalue weighted by Gasteiger charge is 2.34. The molecule has 1 N–H and O–H groups in total. The van der Waals surface area contributed by atoms with Crippen LogP contribution in [0.5, 0.6) is 0 Å². The minimum Gasteiger partial charge on any atom is -0.453 e. The molecule has 0 aliphatic carbocycles. The number of rotatable bonds is 4. The van der Waals surface area contributed by atoms with Crippen LogP contribution in [0.3, 0.4) is 0 Å². The number of furan rings is 1. The average Bonchev–Trinajstić information content (AvgIpc) is 2.80. The highest BCUT2D eigenvalue weighted by atomic mass is 35.5. The van der Waals surface area contributed by atoms with Crippen LogP contribution >= 0.6 is 11.6 Å². The van der Waals surface area contributed by atoms with Gasteiger partial charge in [-0.1, -0.05) is 13.0 Å². The second-order valence-electron chi connectivity index (χ2n) is 4.38. The topological polar surface area (TPSA) is 25.2 Å². The van der Waals surface area contributed by atoms with Gasteiger partial charge < -0.3 is 9.73 Å². The third-order valence-corrected chi connectivity index (χ3v) is 3.30. The first-order chi connectivity index (χ1) is 9.84. The third-order valence-electron chi connectivity index (χ3n) is 3.00. The Bertz CT molecular complexity index is 624. The van der Waals surface area contributed by atoms with Gasteiger partial charge in [0.25, 0.3) is 0 Å². The normalized spacial score (nSPS) is 13.4. The Morgan fingerprint density at radius 1 is 1.29 bits per heavy atom. The lowest BCUT2D eigenvalue weighted by atomic mass is 9.99. The first-order valence-electron chi connectivity index (χ1n) is 6.17. The van der Waals surface area contributed by atoms with E-state index < -0.39 is 23.6 Å². The summed E-state index contributed by atoms with van der Waals surface area (Å²) in [5.74, 6) is -1.32. The van der Waals surface area contributed by atoms with Crippen molar-refractivity contribution in [2.45, 2.75) is 19.1 Å². The Hall–Kier alpha value is -1.53. The molecule has 0 spiro atoms. The molecular weight excluding hydrogens is 310 g/mol. The molecule has 0 amide bonds. The first-order valence-corrected chi connectivity index (χ1v) is 6.55. The summed E-state index contributed by atoms with van der Waals surface area (Å²) in [6.45, 7) is 2.34. The fraction of sp³-hybridized carbons (Fsp3) is 0.286. The molecule has 1 heterocycles. The minimum absolute atomic E-state index is 0.112. The van der Waals surface area contributed by atoms with Crippen LogP contribution in [0.2, 0.25) is 5.22 Å². The summed E-state index contributed by atoms with van der Waals surface area (Å²) in [6, 6.07) is 3.86. The Labute approximate surface area is 123 Å². The van der Waals surface area contributed by atoms with Crippen molar-refractivity contribution in [3.63, 3.8) is 0 Å². The second kappa shape index (κ2) is 6.07. The van der Waals surface area contributed by atoms with Gasteiger partial charge in [0.15, 0.2) is 5.22 Å². The highest BCUT2D eigenvalue weighted by molar-refractivity contribution is 6.29. The summed E-state index contributed by atoms with van der Waals surface area (Å²) < 4.78 is 56.4. The van der Waals surface area contributed by atoms with E-state index in [9.17, 15) is 17.6 Å². The van der Waals surface area contributed by atoms with Gasteiger partial charge in [0.1, 0.15) is 5.82 Å². The van der Waals surface area contributed by atoms with Crippen molar-refractivity contribution in [1.29, 1.82) is 0 Å².